The highest BCUT2D eigenvalue weighted by Gasteiger charge is 2.17. The summed E-state index contributed by atoms with van der Waals surface area (Å²) in [5.74, 6) is 0. The minimum absolute atomic E-state index is 0.249. The Hall–Kier alpha value is -1.49. The molecule has 1 aromatic rings. The third-order valence-corrected chi connectivity index (χ3v) is 4.30. The number of anilines is 1. The Morgan fingerprint density at radius 3 is 2.19 bits per heavy atom. The highest BCUT2D eigenvalue weighted by Crippen LogP contribution is 2.15. The number of hydrogen-bond acceptors (Lipinski definition) is 6. The molecule has 1 rings (SSSR count). The van der Waals surface area contributed by atoms with Crippen molar-refractivity contribution in [1.29, 1.82) is 0 Å². The normalized spacial score (nSPS) is 13.5. The first-order valence-electron chi connectivity index (χ1n) is 5.71. The van der Waals surface area contributed by atoms with Crippen LogP contribution in [0.4, 0.5) is 10.5 Å². The number of carbonyl (C=O) groups excluding carboxylic acids is 1. The van der Waals surface area contributed by atoms with Crippen LogP contribution in [0.1, 0.15) is 20.8 Å². The molecule has 1 amide bonds. The fourth-order valence-electron chi connectivity index (χ4n) is 1.28. The van der Waals surface area contributed by atoms with Gasteiger partial charge in [0.15, 0.2) is 0 Å². The number of benzene rings is 1. The minimum Gasteiger partial charge on any atom is -0.759 e. The first-order chi connectivity index (χ1) is 9.49. The molecule has 0 radical (unpaired) electrons. The van der Waals surface area contributed by atoms with Crippen molar-refractivity contribution in [2.45, 2.75) is 31.3 Å². The van der Waals surface area contributed by atoms with Crippen molar-refractivity contribution in [1.82, 2.24) is 4.13 Å². The first-order valence-corrected chi connectivity index (χ1v) is 8.27. The molecule has 0 saturated heterocycles. The zero-order chi connectivity index (χ0) is 16.3. The Bertz CT molecular complexity index is 634. The Morgan fingerprint density at radius 2 is 1.76 bits per heavy atom. The summed E-state index contributed by atoms with van der Waals surface area (Å²) in [4.78, 5) is 11.3. The average Bonchev–Trinajstić information content (AvgIpc) is 2.24. The maximum absolute atomic E-state index is 11.5. The van der Waals surface area contributed by atoms with Gasteiger partial charge in [-0.3, -0.25) is 9.53 Å². The van der Waals surface area contributed by atoms with Gasteiger partial charge >= 0.3 is 6.09 Å². The molecule has 1 atom stereocenters. The summed E-state index contributed by atoms with van der Waals surface area (Å²) < 4.78 is 50.3. The van der Waals surface area contributed by atoms with Gasteiger partial charge in [0.25, 0.3) is 10.0 Å². The summed E-state index contributed by atoms with van der Waals surface area (Å²) in [5, 5.41) is 2.42. The lowest BCUT2D eigenvalue weighted by atomic mass is 10.2. The fourth-order valence-corrected chi connectivity index (χ4v) is 2.87. The summed E-state index contributed by atoms with van der Waals surface area (Å²) in [6, 6.07) is 4.93. The van der Waals surface area contributed by atoms with Gasteiger partial charge < -0.3 is 9.29 Å². The molecular formula is C11H15N2O6S2-. The van der Waals surface area contributed by atoms with Crippen molar-refractivity contribution in [3.63, 3.8) is 0 Å². The molecule has 1 aromatic carbocycles. The van der Waals surface area contributed by atoms with Crippen LogP contribution in [-0.4, -0.2) is 28.9 Å². The van der Waals surface area contributed by atoms with E-state index in [1.807, 2.05) is 0 Å². The van der Waals surface area contributed by atoms with Crippen LogP contribution >= 0.6 is 0 Å². The second kappa shape index (κ2) is 6.52. The van der Waals surface area contributed by atoms with Gasteiger partial charge in [0.2, 0.25) is 0 Å². The van der Waals surface area contributed by atoms with Crippen LogP contribution in [0.25, 0.3) is 0 Å². The molecule has 0 bridgehead atoms. The molecule has 0 aromatic heterocycles. The molecule has 0 aliphatic rings. The molecule has 1 unspecified atom stereocenters. The topological polar surface area (TPSA) is 125 Å². The predicted octanol–water partition coefficient (Wildman–Crippen LogP) is 1.11. The second-order valence-electron chi connectivity index (χ2n) is 4.97. The molecule has 0 fully saturated rings. The molecule has 0 aliphatic heterocycles. The first kappa shape index (κ1) is 17.6. The van der Waals surface area contributed by atoms with Crippen molar-refractivity contribution in [3.8, 4) is 0 Å². The van der Waals surface area contributed by atoms with Gasteiger partial charge in [-0.1, -0.05) is 0 Å². The molecule has 8 nitrogen and oxygen atoms in total. The Morgan fingerprint density at radius 1 is 1.24 bits per heavy atom. The Kier molecular flexibility index (Phi) is 5.45. The zero-order valence-electron chi connectivity index (χ0n) is 11.6. The van der Waals surface area contributed by atoms with Gasteiger partial charge in [-0.05, 0) is 45.0 Å². The van der Waals surface area contributed by atoms with E-state index in [0.29, 0.717) is 5.69 Å². The number of amides is 1. The molecule has 2 N–H and O–H groups in total. The lowest BCUT2D eigenvalue weighted by Crippen LogP contribution is -2.27. The van der Waals surface area contributed by atoms with Gasteiger partial charge in [-0.15, -0.1) is 4.13 Å². The predicted molar refractivity (Wildman–Crippen MR) is 75.5 cm³/mol. The van der Waals surface area contributed by atoms with Gasteiger partial charge in [0.05, 0.1) is 4.90 Å². The second-order valence-corrected chi connectivity index (χ2v) is 7.59. The van der Waals surface area contributed by atoms with E-state index >= 15 is 0 Å². The molecular weight excluding hydrogens is 320 g/mol. The van der Waals surface area contributed by atoms with E-state index in [0.717, 1.165) is 12.1 Å². The molecule has 21 heavy (non-hydrogen) atoms. The van der Waals surface area contributed by atoms with Crippen LogP contribution in [0.2, 0.25) is 0 Å². The van der Waals surface area contributed by atoms with Gasteiger partial charge in [-0.2, -0.15) is 0 Å². The summed E-state index contributed by atoms with van der Waals surface area (Å²) in [6.45, 7) is 5.12. The molecule has 0 heterocycles. The highest BCUT2D eigenvalue weighted by atomic mass is 32.3. The number of carbonyl (C=O) groups is 1. The number of sulfonamides is 1. The third kappa shape index (κ3) is 6.21. The van der Waals surface area contributed by atoms with Crippen molar-refractivity contribution >= 4 is 33.1 Å². The maximum atomic E-state index is 11.5. The number of rotatable bonds is 4. The fraction of sp³-hybridized carbons (Fsp3) is 0.364. The standard InChI is InChI=1S/C11H16N2O6S2/c1-11(2,3)19-10(14)12-8-4-6-9(7-5-8)21(17,18)13-20(15)16/h4-7,13H,1-3H3,(H,12,14)(H,15,16)/p-1. The molecule has 10 heteroatoms. The maximum Gasteiger partial charge on any atom is 0.412 e. The largest absolute Gasteiger partial charge is 0.759 e. The van der Waals surface area contributed by atoms with Crippen LogP contribution in [0.5, 0.6) is 0 Å². The minimum atomic E-state index is -4.14. The van der Waals surface area contributed by atoms with E-state index in [4.69, 9.17) is 4.74 Å². The molecule has 118 valence electrons. The summed E-state index contributed by atoms with van der Waals surface area (Å²) >= 11 is -2.94. The van der Waals surface area contributed by atoms with Crippen LogP contribution in [0.3, 0.4) is 0 Å². The number of ether oxygens (including phenoxy) is 1. The molecule has 0 saturated carbocycles. The molecule has 0 spiro atoms. The van der Waals surface area contributed by atoms with Crippen LogP contribution < -0.4 is 9.44 Å². The van der Waals surface area contributed by atoms with Crippen LogP contribution in [-0.2, 0) is 26.0 Å². The van der Waals surface area contributed by atoms with Crippen molar-refractivity contribution in [3.05, 3.63) is 24.3 Å². The SMILES string of the molecule is CC(C)(C)OC(=O)Nc1ccc(S(=O)(=O)NS(=O)[O-])cc1. The Balaban J connectivity index is 2.79. The van der Waals surface area contributed by atoms with E-state index in [1.54, 1.807) is 20.8 Å². The summed E-state index contributed by atoms with van der Waals surface area (Å²) in [6.07, 6.45) is -0.683. The van der Waals surface area contributed by atoms with Crippen molar-refractivity contribution in [2.75, 3.05) is 5.32 Å². The summed E-state index contributed by atoms with van der Waals surface area (Å²) in [5.41, 5.74) is -0.346. The Labute approximate surface area is 125 Å². The monoisotopic (exact) mass is 335 g/mol. The lowest BCUT2D eigenvalue weighted by Gasteiger charge is -2.19. The smallest absolute Gasteiger partial charge is 0.412 e. The van der Waals surface area contributed by atoms with Crippen LogP contribution in [0, 0.1) is 0 Å². The number of nitrogens with one attached hydrogen (secondary N) is 2. The van der Waals surface area contributed by atoms with E-state index in [9.17, 15) is 22.0 Å². The quantitative estimate of drug-likeness (QED) is 0.794. The van der Waals surface area contributed by atoms with Gasteiger partial charge in [-0.25, -0.2) is 13.2 Å². The highest BCUT2D eigenvalue weighted by molar-refractivity contribution is 8.00. The lowest BCUT2D eigenvalue weighted by molar-refractivity contribution is 0.0636. The van der Waals surface area contributed by atoms with Gasteiger partial charge in [0.1, 0.15) is 5.60 Å². The number of hydrogen-bond donors (Lipinski definition) is 2. The van der Waals surface area contributed by atoms with Crippen molar-refractivity contribution in [2.24, 2.45) is 0 Å². The summed E-state index contributed by atoms with van der Waals surface area (Å²) in [7, 11) is -4.14. The third-order valence-electron chi connectivity index (χ3n) is 1.99. The van der Waals surface area contributed by atoms with E-state index in [2.05, 4.69) is 5.32 Å². The van der Waals surface area contributed by atoms with Crippen molar-refractivity contribution < 1.29 is 26.7 Å². The van der Waals surface area contributed by atoms with E-state index in [1.165, 1.54) is 16.3 Å². The van der Waals surface area contributed by atoms with E-state index in [-0.39, 0.29) is 4.90 Å². The molecule has 0 aliphatic carbocycles. The van der Waals surface area contributed by atoms with Gasteiger partial charge in [0, 0.05) is 17.0 Å². The average molecular weight is 335 g/mol. The van der Waals surface area contributed by atoms with Crippen LogP contribution in [0.15, 0.2) is 29.2 Å². The zero-order valence-corrected chi connectivity index (χ0v) is 13.2. The van der Waals surface area contributed by atoms with E-state index < -0.39 is 33.0 Å².